The minimum atomic E-state index is -0.342. The third kappa shape index (κ3) is 3.07. The van der Waals surface area contributed by atoms with E-state index >= 15 is 0 Å². The Morgan fingerprint density at radius 2 is 1.91 bits per heavy atom. The third-order valence-corrected chi connectivity index (χ3v) is 5.99. The maximum atomic E-state index is 12.6. The fourth-order valence-electron chi connectivity index (χ4n) is 3.60. The van der Waals surface area contributed by atoms with Gasteiger partial charge < -0.3 is 9.40 Å². The fourth-order valence-corrected chi connectivity index (χ4v) is 4.37. The number of aromatic nitrogens is 6. The zero-order chi connectivity index (χ0) is 21.7. The molecule has 1 aromatic carbocycles. The van der Waals surface area contributed by atoms with Crippen molar-refractivity contribution in [2.75, 3.05) is 0 Å². The van der Waals surface area contributed by atoms with Gasteiger partial charge in [-0.1, -0.05) is 12.1 Å². The van der Waals surface area contributed by atoms with Gasteiger partial charge in [0.15, 0.2) is 5.65 Å². The lowest BCUT2D eigenvalue weighted by molar-refractivity contribution is 0.573. The summed E-state index contributed by atoms with van der Waals surface area (Å²) < 4.78 is 5.32. The topological polar surface area (TPSA) is 110 Å². The second kappa shape index (κ2) is 7.17. The van der Waals surface area contributed by atoms with Gasteiger partial charge in [-0.05, 0) is 31.2 Å². The van der Waals surface area contributed by atoms with Crippen molar-refractivity contribution >= 4 is 33.4 Å². The standard InChI is InChI=1S/C23H14N6O2S/c1-12-26-11-18(32-12)20-19(14-4-5-16-13(9-14)3-2-6-24-16)27-17-10-15(23-25-7-8-31-23)22(30)29-21(17)28-20/h2-11H,1H3,(H,28,29,30). The van der Waals surface area contributed by atoms with Crippen molar-refractivity contribution in [1.82, 2.24) is 29.9 Å². The van der Waals surface area contributed by atoms with E-state index in [4.69, 9.17) is 14.4 Å². The first-order valence-electron chi connectivity index (χ1n) is 9.78. The highest BCUT2D eigenvalue weighted by Crippen LogP contribution is 2.34. The molecule has 0 aliphatic rings. The number of aromatic amines is 1. The minimum absolute atomic E-state index is 0.232. The molecule has 0 saturated heterocycles. The number of aryl methyl sites for hydroxylation is 1. The number of fused-ring (bicyclic) bond motifs is 2. The van der Waals surface area contributed by atoms with Gasteiger partial charge in [0.1, 0.15) is 23.0 Å². The average Bonchev–Trinajstić information content (AvgIpc) is 3.49. The SMILES string of the molecule is Cc1ncc(-c2nc3[nH]c(=O)c(-c4ncco4)cc3nc2-c2ccc3ncccc3c2)s1. The summed E-state index contributed by atoms with van der Waals surface area (Å²) >= 11 is 1.52. The van der Waals surface area contributed by atoms with E-state index in [9.17, 15) is 4.79 Å². The van der Waals surface area contributed by atoms with E-state index in [0.29, 0.717) is 28.1 Å². The molecule has 0 atom stereocenters. The van der Waals surface area contributed by atoms with Crippen LogP contribution in [0, 0.1) is 6.92 Å². The Labute approximate surface area is 184 Å². The summed E-state index contributed by atoms with van der Waals surface area (Å²) in [5.74, 6) is 0.232. The number of benzene rings is 1. The molecule has 0 aliphatic heterocycles. The Balaban J connectivity index is 1.64. The smallest absolute Gasteiger partial charge is 0.262 e. The van der Waals surface area contributed by atoms with Crippen LogP contribution >= 0.6 is 11.3 Å². The van der Waals surface area contributed by atoms with Crippen molar-refractivity contribution in [3.63, 3.8) is 0 Å². The summed E-state index contributed by atoms with van der Waals surface area (Å²) in [6.45, 7) is 1.94. The normalized spacial score (nSPS) is 11.4. The number of oxazole rings is 1. The molecule has 0 aliphatic carbocycles. The van der Waals surface area contributed by atoms with E-state index in [-0.39, 0.29) is 11.4 Å². The zero-order valence-corrected chi connectivity index (χ0v) is 17.6. The second-order valence-corrected chi connectivity index (χ2v) is 8.39. The molecule has 0 radical (unpaired) electrons. The van der Waals surface area contributed by atoms with Gasteiger partial charge in [0, 0.05) is 23.3 Å². The molecular formula is C23H14N6O2S. The van der Waals surface area contributed by atoms with Crippen LogP contribution in [-0.4, -0.2) is 29.9 Å². The van der Waals surface area contributed by atoms with Crippen LogP contribution in [0.1, 0.15) is 5.01 Å². The monoisotopic (exact) mass is 438 g/mol. The van der Waals surface area contributed by atoms with Crippen LogP contribution in [0.15, 0.2) is 70.5 Å². The highest BCUT2D eigenvalue weighted by Gasteiger charge is 2.18. The predicted octanol–water partition coefficient (Wildman–Crippen LogP) is 4.62. The van der Waals surface area contributed by atoms with E-state index < -0.39 is 0 Å². The molecule has 0 fully saturated rings. The molecule has 32 heavy (non-hydrogen) atoms. The average molecular weight is 438 g/mol. The lowest BCUT2D eigenvalue weighted by Gasteiger charge is -2.10. The van der Waals surface area contributed by atoms with Crippen LogP contribution in [0.5, 0.6) is 0 Å². The second-order valence-electron chi connectivity index (χ2n) is 7.16. The lowest BCUT2D eigenvalue weighted by atomic mass is 10.1. The number of nitrogens with zero attached hydrogens (tertiary/aromatic N) is 5. The first-order valence-corrected chi connectivity index (χ1v) is 10.6. The van der Waals surface area contributed by atoms with E-state index in [2.05, 4.69) is 19.9 Å². The Kier molecular flexibility index (Phi) is 4.15. The minimum Gasteiger partial charge on any atom is -0.444 e. The van der Waals surface area contributed by atoms with Crippen LogP contribution in [0.4, 0.5) is 0 Å². The van der Waals surface area contributed by atoms with E-state index in [0.717, 1.165) is 26.4 Å². The third-order valence-electron chi connectivity index (χ3n) is 5.07. The molecule has 6 aromatic rings. The predicted molar refractivity (Wildman–Crippen MR) is 122 cm³/mol. The van der Waals surface area contributed by atoms with Crippen molar-refractivity contribution in [3.8, 4) is 33.3 Å². The largest absolute Gasteiger partial charge is 0.444 e. The lowest BCUT2D eigenvalue weighted by Crippen LogP contribution is -2.11. The molecule has 0 amide bonds. The van der Waals surface area contributed by atoms with Crippen molar-refractivity contribution < 1.29 is 4.42 Å². The summed E-state index contributed by atoms with van der Waals surface area (Å²) in [5, 5.41) is 1.92. The molecule has 154 valence electrons. The van der Waals surface area contributed by atoms with Gasteiger partial charge in [-0.2, -0.15) is 0 Å². The van der Waals surface area contributed by atoms with E-state index in [1.165, 1.54) is 23.8 Å². The Bertz CT molecular complexity index is 1670. The van der Waals surface area contributed by atoms with Crippen molar-refractivity contribution in [3.05, 3.63) is 76.6 Å². The van der Waals surface area contributed by atoms with Gasteiger partial charge in [0.25, 0.3) is 5.56 Å². The first-order chi connectivity index (χ1) is 15.7. The number of H-pyrrole nitrogens is 1. The zero-order valence-electron chi connectivity index (χ0n) is 16.7. The van der Waals surface area contributed by atoms with Crippen LogP contribution < -0.4 is 5.56 Å². The van der Waals surface area contributed by atoms with Gasteiger partial charge in [-0.25, -0.2) is 19.9 Å². The Morgan fingerprint density at radius 3 is 2.72 bits per heavy atom. The highest BCUT2D eigenvalue weighted by molar-refractivity contribution is 7.15. The van der Waals surface area contributed by atoms with Crippen LogP contribution in [0.2, 0.25) is 0 Å². The quantitative estimate of drug-likeness (QED) is 0.429. The molecular weight excluding hydrogens is 424 g/mol. The van der Waals surface area contributed by atoms with Gasteiger partial charge in [0.2, 0.25) is 5.89 Å². The number of pyridine rings is 2. The molecule has 5 aromatic heterocycles. The molecule has 6 rings (SSSR count). The van der Waals surface area contributed by atoms with Crippen LogP contribution in [0.25, 0.3) is 55.3 Å². The van der Waals surface area contributed by atoms with Crippen molar-refractivity contribution in [2.45, 2.75) is 6.92 Å². The number of hydrogen-bond acceptors (Lipinski definition) is 8. The number of rotatable bonds is 3. The molecule has 8 nitrogen and oxygen atoms in total. The number of nitrogens with one attached hydrogen (secondary N) is 1. The summed E-state index contributed by atoms with van der Waals surface area (Å²) in [4.78, 5) is 38.9. The summed E-state index contributed by atoms with van der Waals surface area (Å²) in [6.07, 6.45) is 6.47. The Morgan fingerprint density at radius 1 is 0.969 bits per heavy atom. The first kappa shape index (κ1) is 18.5. The van der Waals surface area contributed by atoms with Crippen LogP contribution in [-0.2, 0) is 0 Å². The molecule has 0 unspecified atom stereocenters. The molecule has 1 N–H and O–H groups in total. The van der Waals surface area contributed by atoms with Crippen molar-refractivity contribution in [1.29, 1.82) is 0 Å². The number of thiazole rings is 1. The van der Waals surface area contributed by atoms with Gasteiger partial charge in [0.05, 0.1) is 27.3 Å². The van der Waals surface area contributed by atoms with E-state index in [1.807, 2.05) is 37.3 Å². The molecule has 0 saturated carbocycles. The summed E-state index contributed by atoms with van der Waals surface area (Å²) in [7, 11) is 0. The van der Waals surface area contributed by atoms with E-state index in [1.54, 1.807) is 18.5 Å². The molecule has 9 heteroatoms. The highest BCUT2D eigenvalue weighted by atomic mass is 32.1. The Hall–Kier alpha value is -4.24. The van der Waals surface area contributed by atoms with Crippen molar-refractivity contribution in [2.24, 2.45) is 0 Å². The summed E-state index contributed by atoms with van der Waals surface area (Å²) in [6, 6.07) is 11.5. The molecule has 0 spiro atoms. The summed E-state index contributed by atoms with van der Waals surface area (Å²) in [5.41, 5.74) is 4.02. The molecule has 5 heterocycles. The van der Waals surface area contributed by atoms with Gasteiger partial charge in [-0.3, -0.25) is 9.78 Å². The van der Waals surface area contributed by atoms with Gasteiger partial charge >= 0.3 is 0 Å². The molecule has 0 bridgehead atoms. The maximum Gasteiger partial charge on any atom is 0.262 e. The van der Waals surface area contributed by atoms with Gasteiger partial charge in [-0.15, -0.1) is 11.3 Å². The number of hydrogen-bond donors (Lipinski definition) is 1. The van der Waals surface area contributed by atoms with Crippen LogP contribution in [0.3, 0.4) is 0 Å². The maximum absolute atomic E-state index is 12.6. The fraction of sp³-hybridized carbons (Fsp3) is 0.0435.